The van der Waals surface area contributed by atoms with Crippen molar-refractivity contribution in [3.63, 3.8) is 0 Å². The van der Waals surface area contributed by atoms with Crippen LogP contribution in [0.1, 0.15) is 11.8 Å². The van der Waals surface area contributed by atoms with Gasteiger partial charge in [-0.3, -0.25) is 9.78 Å². The van der Waals surface area contributed by atoms with Crippen LogP contribution in [0.4, 0.5) is 5.82 Å². The van der Waals surface area contributed by atoms with Gasteiger partial charge in [0.25, 0.3) is 0 Å². The first kappa shape index (κ1) is 10.4. The minimum Gasteiger partial charge on any atom is -0.383 e. The number of aliphatic hydroxyl groups is 2. The second-order valence-electron chi connectivity index (χ2n) is 2.66. The molecule has 2 unspecified atom stereocenters. The molecule has 0 saturated heterocycles. The Bertz CT molecular complexity index is 326. The van der Waals surface area contributed by atoms with Gasteiger partial charge in [-0.25, -0.2) is 4.98 Å². The minimum absolute atomic E-state index is 0.0329. The van der Waals surface area contributed by atoms with Gasteiger partial charge < -0.3 is 21.7 Å². The minimum atomic E-state index is -1.70. The Morgan fingerprint density at radius 1 is 1.36 bits per heavy atom. The van der Waals surface area contributed by atoms with Gasteiger partial charge in [0.2, 0.25) is 5.91 Å². The van der Waals surface area contributed by atoms with E-state index in [2.05, 4.69) is 9.97 Å². The van der Waals surface area contributed by atoms with Gasteiger partial charge in [0.15, 0.2) is 6.10 Å². The Hall–Kier alpha value is -1.73. The number of anilines is 1. The maximum atomic E-state index is 10.5. The van der Waals surface area contributed by atoms with Crippen molar-refractivity contribution in [3.8, 4) is 0 Å². The number of carbonyl (C=O) groups excluding carboxylic acids is 1. The van der Waals surface area contributed by atoms with E-state index in [9.17, 15) is 9.90 Å². The van der Waals surface area contributed by atoms with Crippen LogP contribution in [0.3, 0.4) is 0 Å². The maximum absolute atomic E-state index is 10.5. The molecular weight excluding hydrogens is 188 g/mol. The van der Waals surface area contributed by atoms with E-state index >= 15 is 0 Å². The van der Waals surface area contributed by atoms with Crippen molar-refractivity contribution in [3.05, 3.63) is 18.1 Å². The number of nitrogens with two attached hydrogens (primary N) is 2. The Labute approximate surface area is 79.4 Å². The molecule has 0 aliphatic rings. The van der Waals surface area contributed by atoms with Gasteiger partial charge >= 0.3 is 0 Å². The predicted molar refractivity (Wildman–Crippen MR) is 46.6 cm³/mol. The summed E-state index contributed by atoms with van der Waals surface area (Å²) in [7, 11) is 0. The number of aromatic nitrogens is 2. The molecule has 0 bridgehead atoms. The van der Waals surface area contributed by atoms with Gasteiger partial charge in [-0.1, -0.05) is 0 Å². The molecule has 0 fully saturated rings. The first-order chi connectivity index (χ1) is 6.52. The predicted octanol–water partition coefficient (Wildman–Crippen LogP) is -2.06. The number of aliphatic hydroxyl groups excluding tert-OH is 2. The fourth-order valence-corrected chi connectivity index (χ4v) is 0.818. The van der Waals surface area contributed by atoms with Gasteiger partial charge in [0.1, 0.15) is 11.9 Å². The molecule has 0 aliphatic heterocycles. The summed E-state index contributed by atoms with van der Waals surface area (Å²) in [6.07, 6.45) is -0.827. The second-order valence-corrected chi connectivity index (χ2v) is 2.66. The summed E-state index contributed by atoms with van der Waals surface area (Å²) in [4.78, 5) is 17.8. The Morgan fingerprint density at radius 3 is 2.43 bits per heavy atom. The van der Waals surface area contributed by atoms with Gasteiger partial charge in [-0.15, -0.1) is 0 Å². The van der Waals surface area contributed by atoms with Crippen LogP contribution in [-0.4, -0.2) is 32.2 Å². The molecule has 0 aliphatic carbocycles. The van der Waals surface area contributed by atoms with E-state index in [0.29, 0.717) is 0 Å². The summed E-state index contributed by atoms with van der Waals surface area (Å²) >= 11 is 0. The van der Waals surface area contributed by atoms with E-state index in [1.165, 1.54) is 6.20 Å². The molecule has 1 heterocycles. The lowest BCUT2D eigenvalue weighted by Crippen LogP contribution is -2.34. The number of carbonyl (C=O) groups is 1. The molecule has 1 amide bonds. The SMILES string of the molecule is NC(=O)C(O)C(O)c1cnc(N)cn1. The highest BCUT2D eigenvalue weighted by Gasteiger charge is 2.24. The van der Waals surface area contributed by atoms with Crippen LogP contribution in [0, 0.1) is 0 Å². The Balaban J connectivity index is 2.84. The number of nitrogens with zero attached hydrogens (tertiary/aromatic N) is 2. The average Bonchev–Trinajstić information content (AvgIpc) is 2.16. The van der Waals surface area contributed by atoms with Crippen molar-refractivity contribution in [1.82, 2.24) is 9.97 Å². The summed E-state index contributed by atoms with van der Waals surface area (Å²) in [5, 5.41) is 18.5. The molecule has 0 radical (unpaired) electrons. The number of nitrogen functional groups attached to an aromatic ring is 1. The molecule has 1 aromatic rings. The molecule has 7 heteroatoms. The van der Waals surface area contributed by atoms with Crippen LogP contribution in [0.25, 0.3) is 0 Å². The molecule has 0 saturated carbocycles. The van der Waals surface area contributed by atoms with E-state index in [-0.39, 0.29) is 11.5 Å². The zero-order valence-electron chi connectivity index (χ0n) is 7.16. The molecule has 7 nitrogen and oxygen atoms in total. The third kappa shape index (κ3) is 2.15. The number of hydrogen-bond donors (Lipinski definition) is 4. The fraction of sp³-hybridized carbons (Fsp3) is 0.286. The van der Waals surface area contributed by atoms with Crippen molar-refractivity contribution in [2.24, 2.45) is 5.73 Å². The summed E-state index contributed by atoms with van der Waals surface area (Å²) in [6, 6.07) is 0. The zero-order chi connectivity index (χ0) is 10.7. The normalized spacial score (nSPS) is 14.7. The molecule has 0 spiro atoms. The maximum Gasteiger partial charge on any atom is 0.249 e. The summed E-state index contributed by atoms with van der Waals surface area (Å²) in [5.74, 6) is -0.856. The van der Waals surface area contributed by atoms with Crippen LogP contribution < -0.4 is 11.5 Å². The van der Waals surface area contributed by atoms with Crippen LogP contribution in [0.2, 0.25) is 0 Å². The highest BCUT2D eigenvalue weighted by Crippen LogP contribution is 2.13. The van der Waals surface area contributed by atoms with Crippen LogP contribution in [0.5, 0.6) is 0 Å². The molecule has 14 heavy (non-hydrogen) atoms. The summed E-state index contributed by atoms with van der Waals surface area (Å²) in [5.41, 5.74) is 10.1. The molecule has 1 rings (SSSR count). The van der Waals surface area contributed by atoms with E-state index in [4.69, 9.17) is 16.6 Å². The third-order valence-corrected chi connectivity index (χ3v) is 1.59. The molecular formula is C7H10N4O3. The molecule has 1 aromatic heterocycles. The number of amides is 1. The Morgan fingerprint density at radius 2 is 2.00 bits per heavy atom. The first-order valence-electron chi connectivity index (χ1n) is 3.75. The van der Waals surface area contributed by atoms with Crippen LogP contribution in [0.15, 0.2) is 12.4 Å². The van der Waals surface area contributed by atoms with Gasteiger partial charge in [0, 0.05) is 0 Å². The topological polar surface area (TPSA) is 135 Å². The van der Waals surface area contributed by atoms with E-state index in [0.717, 1.165) is 6.20 Å². The lowest BCUT2D eigenvalue weighted by Gasteiger charge is -2.13. The first-order valence-corrected chi connectivity index (χ1v) is 3.75. The zero-order valence-corrected chi connectivity index (χ0v) is 7.16. The number of rotatable bonds is 3. The van der Waals surface area contributed by atoms with Crippen LogP contribution in [-0.2, 0) is 4.79 Å². The monoisotopic (exact) mass is 198 g/mol. The van der Waals surface area contributed by atoms with Crippen molar-refractivity contribution in [2.45, 2.75) is 12.2 Å². The average molecular weight is 198 g/mol. The van der Waals surface area contributed by atoms with Crippen LogP contribution >= 0.6 is 0 Å². The van der Waals surface area contributed by atoms with Crippen molar-refractivity contribution >= 4 is 11.7 Å². The number of hydrogen-bond acceptors (Lipinski definition) is 6. The highest BCUT2D eigenvalue weighted by atomic mass is 16.3. The molecule has 6 N–H and O–H groups in total. The molecule has 76 valence electrons. The lowest BCUT2D eigenvalue weighted by molar-refractivity contribution is -0.132. The van der Waals surface area contributed by atoms with E-state index in [1.807, 2.05) is 0 Å². The third-order valence-electron chi connectivity index (χ3n) is 1.59. The van der Waals surface area contributed by atoms with Gasteiger partial charge in [-0.05, 0) is 0 Å². The quantitative estimate of drug-likeness (QED) is 0.441. The summed E-state index contributed by atoms with van der Waals surface area (Å²) in [6.45, 7) is 0. The number of primary amides is 1. The molecule has 0 aromatic carbocycles. The second kappa shape index (κ2) is 3.99. The van der Waals surface area contributed by atoms with Crippen molar-refractivity contribution < 1.29 is 15.0 Å². The van der Waals surface area contributed by atoms with Gasteiger partial charge in [-0.2, -0.15) is 0 Å². The van der Waals surface area contributed by atoms with E-state index in [1.54, 1.807) is 0 Å². The largest absolute Gasteiger partial charge is 0.383 e. The summed E-state index contributed by atoms with van der Waals surface area (Å²) < 4.78 is 0. The van der Waals surface area contributed by atoms with Crippen molar-refractivity contribution in [2.75, 3.05) is 5.73 Å². The standard InChI is InChI=1S/C7H10N4O3/c8-4-2-10-3(1-11-4)5(12)6(13)7(9)14/h1-2,5-6,12-13H,(H2,8,11)(H2,9,14). The van der Waals surface area contributed by atoms with E-state index < -0.39 is 18.1 Å². The Kier molecular flexibility index (Phi) is 2.95. The lowest BCUT2D eigenvalue weighted by atomic mass is 10.1. The van der Waals surface area contributed by atoms with Gasteiger partial charge in [0.05, 0.1) is 18.1 Å². The van der Waals surface area contributed by atoms with Crippen molar-refractivity contribution in [1.29, 1.82) is 0 Å². The smallest absolute Gasteiger partial charge is 0.249 e. The molecule has 2 atom stereocenters. The highest BCUT2D eigenvalue weighted by molar-refractivity contribution is 5.79. The fourth-order valence-electron chi connectivity index (χ4n) is 0.818.